The van der Waals surface area contributed by atoms with Crippen molar-refractivity contribution in [3.05, 3.63) is 41.1 Å². The normalized spacial score (nSPS) is 10.7. The fraction of sp³-hybridized carbons (Fsp3) is 0.375. The molecule has 0 atom stereocenters. The van der Waals surface area contributed by atoms with Gasteiger partial charge in [0.2, 0.25) is 5.88 Å². The van der Waals surface area contributed by atoms with E-state index >= 15 is 0 Å². The van der Waals surface area contributed by atoms with E-state index in [0.29, 0.717) is 22.9 Å². The molecule has 0 saturated heterocycles. The fourth-order valence-electron chi connectivity index (χ4n) is 2.15. The molecule has 0 spiro atoms. The Balaban J connectivity index is 2.41. The molecule has 5 heteroatoms. The van der Waals surface area contributed by atoms with Gasteiger partial charge in [-0.2, -0.15) is 10.4 Å². The van der Waals surface area contributed by atoms with Crippen LogP contribution in [-0.2, 0) is 13.0 Å². The molecular weight excluding hydrogens is 266 g/mol. The van der Waals surface area contributed by atoms with Crippen LogP contribution in [0.15, 0.2) is 24.3 Å². The zero-order valence-corrected chi connectivity index (χ0v) is 12.5. The molecule has 0 aliphatic rings. The molecule has 21 heavy (non-hydrogen) atoms. The van der Waals surface area contributed by atoms with Gasteiger partial charge in [-0.15, -0.1) is 0 Å². The first-order valence-electron chi connectivity index (χ1n) is 6.99. The van der Waals surface area contributed by atoms with Crippen LogP contribution in [0.4, 0.5) is 0 Å². The van der Waals surface area contributed by atoms with Gasteiger partial charge in [0.15, 0.2) is 0 Å². The molecule has 1 heterocycles. The first kappa shape index (κ1) is 15.1. The van der Waals surface area contributed by atoms with Gasteiger partial charge in [0.05, 0.1) is 30.0 Å². The third-order valence-corrected chi connectivity index (χ3v) is 3.23. The number of aliphatic hydroxyl groups is 1. The zero-order valence-electron chi connectivity index (χ0n) is 12.5. The van der Waals surface area contributed by atoms with Gasteiger partial charge in [-0.1, -0.05) is 6.92 Å². The van der Waals surface area contributed by atoms with Crippen LogP contribution in [0.5, 0.6) is 11.6 Å². The minimum absolute atomic E-state index is 0.105. The van der Waals surface area contributed by atoms with Gasteiger partial charge in [-0.05, 0) is 44.5 Å². The molecule has 2 rings (SSSR count). The average molecular weight is 285 g/mol. The smallest absolute Gasteiger partial charge is 0.221 e. The SMILES string of the molecule is CCc1c(CO)nn(C(C)C)c1Oc1ccc(C#N)cc1. The quantitative estimate of drug-likeness (QED) is 0.915. The maximum Gasteiger partial charge on any atom is 0.221 e. The Morgan fingerprint density at radius 1 is 1.33 bits per heavy atom. The molecule has 0 bridgehead atoms. The number of hydrogen-bond acceptors (Lipinski definition) is 4. The van der Waals surface area contributed by atoms with Gasteiger partial charge in [-0.3, -0.25) is 0 Å². The number of hydrogen-bond donors (Lipinski definition) is 1. The van der Waals surface area contributed by atoms with E-state index in [0.717, 1.165) is 12.0 Å². The summed E-state index contributed by atoms with van der Waals surface area (Å²) in [6, 6.07) is 9.15. The molecule has 1 aromatic carbocycles. The average Bonchev–Trinajstić information content (AvgIpc) is 2.85. The lowest BCUT2D eigenvalue weighted by Gasteiger charge is -2.13. The van der Waals surface area contributed by atoms with Crippen LogP contribution in [0.1, 0.15) is 43.6 Å². The highest BCUT2D eigenvalue weighted by Crippen LogP contribution is 2.31. The van der Waals surface area contributed by atoms with Crippen LogP contribution in [0.25, 0.3) is 0 Å². The molecule has 2 aromatic rings. The summed E-state index contributed by atoms with van der Waals surface area (Å²) in [6.07, 6.45) is 0.730. The van der Waals surface area contributed by atoms with Crippen LogP contribution >= 0.6 is 0 Å². The molecule has 0 amide bonds. The highest BCUT2D eigenvalue weighted by Gasteiger charge is 2.19. The minimum atomic E-state index is -0.105. The Hall–Kier alpha value is -2.32. The summed E-state index contributed by atoms with van der Waals surface area (Å²) in [5.41, 5.74) is 2.15. The summed E-state index contributed by atoms with van der Waals surface area (Å²) >= 11 is 0. The van der Waals surface area contributed by atoms with Crippen LogP contribution in [0, 0.1) is 11.3 Å². The van der Waals surface area contributed by atoms with Crippen LogP contribution in [0.3, 0.4) is 0 Å². The Bertz CT molecular complexity index is 651. The largest absolute Gasteiger partial charge is 0.439 e. The maximum atomic E-state index is 9.44. The first-order chi connectivity index (χ1) is 10.1. The van der Waals surface area contributed by atoms with Crippen molar-refractivity contribution in [1.82, 2.24) is 9.78 Å². The van der Waals surface area contributed by atoms with Gasteiger partial charge >= 0.3 is 0 Å². The molecule has 0 saturated carbocycles. The Morgan fingerprint density at radius 3 is 2.48 bits per heavy atom. The second-order valence-electron chi connectivity index (χ2n) is 5.02. The lowest BCUT2D eigenvalue weighted by molar-refractivity contribution is 0.273. The van der Waals surface area contributed by atoms with E-state index in [2.05, 4.69) is 11.2 Å². The number of nitrogens with zero attached hydrogens (tertiary/aromatic N) is 3. The number of nitriles is 1. The number of rotatable bonds is 5. The molecule has 110 valence electrons. The van der Waals surface area contributed by atoms with E-state index < -0.39 is 0 Å². The lowest BCUT2D eigenvalue weighted by atomic mass is 10.2. The summed E-state index contributed by atoms with van der Waals surface area (Å²) in [5, 5.41) is 22.7. The van der Waals surface area contributed by atoms with E-state index in [4.69, 9.17) is 10.00 Å². The molecule has 0 fully saturated rings. The van der Waals surface area contributed by atoms with E-state index in [-0.39, 0.29) is 12.6 Å². The molecule has 1 N–H and O–H groups in total. The predicted octanol–water partition coefficient (Wildman–Crippen LogP) is 3.18. The van der Waals surface area contributed by atoms with E-state index in [1.54, 1.807) is 28.9 Å². The van der Waals surface area contributed by atoms with E-state index in [9.17, 15) is 5.11 Å². The molecular formula is C16H19N3O2. The topological polar surface area (TPSA) is 71.1 Å². The number of benzene rings is 1. The standard InChI is InChI=1S/C16H19N3O2/c1-4-14-15(10-20)18-19(11(2)3)16(14)21-13-7-5-12(9-17)6-8-13/h5-8,11,20H,4,10H2,1-3H3. The second-order valence-corrected chi connectivity index (χ2v) is 5.02. The summed E-state index contributed by atoms with van der Waals surface area (Å²) < 4.78 is 7.74. The molecule has 0 radical (unpaired) electrons. The summed E-state index contributed by atoms with van der Waals surface area (Å²) in [4.78, 5) is 0. The third-order valence-electron chi connectivity index (χ3n) is 3.23. The fourth-order valence-corrected chi connectivity index (χ4v) is 2.15. The Morgan fingerprint density at radius 2 is 2.00 bits per heavy atom. The lowest BCUT2D eigenvalue weighted by Crippen LogP contribution is -2.05. The van der Waals surface area contributed by atoms with E-state index in [1.807, 2.05) is 20.8 Å². The van der Waals surface area contributed by atoms with Crippen LogP contribution < -0.4 is 4.74 Å². The van der Waals surface area contributed by atoms with Gasteiger partial charge in [0.25, 0.3) is 0 Å². The predicted molar refractivity (Wildman–Crippen MR) is 79.1 cm³/mol. The van der Waals surface area contributed by atoms with Gasteiger partial charge in [0, 0.05) is 5.56 Å². The van der Waals surface area contributed by atoms with Gasteiger partial charge in [0.1, 0.15) is 5.75 Å². The van der Waals surface area contributed by atoms with Crippen molar-refractivity contribution in [2.45, 2.75) is 39.8 Å². The Kier molecular flexibility index (Phi) is 4.61. The van der Waals surface area contributed by atoms with Crippen molar-refractivity contribution in [2.24, 2.45) is 0 Å². The van der Waals surface area contributed by atoms with Crippen molar-refractivity contribution < 1.29 is 9.84 Å². The van der Waals surface area contributed by atoms with Crippen LogP contribution in [-0.4, -0.2) is 14.9 Å². The second kappa shape index (κ2) is 6.42. The Labute approximate surface area is 124 Å². The molecule has 5 nitrogen and oxygen atoms in total. The van der Waals surface area contributed by atoms with Crippen molar-refractivity contribution in [1.29, 1.82) is 5.26 Å². The number of ether oxygens (including phenoxy) is 1. The summed E-state index contributed by atoms with van der Waals surface area (Å²) in [7, 11) is 0. The molecule has 1 aromatic heterocycles. The summed E-state index contributed by atoms with van der Waals surface area (Å²) in [5.74, 6) is 1.30. The minimum Gasteiger partial charge on any atom is -0.439 e. The molecule has 0 unspecified atom stereocenters. The maximum absolute atomic E-state index is 9.44. The van der Waals surface area contributed by atoms with Crippen molar-refractivity contribution in [2.75, 3.05) is 0 Å². The highest BCUT2D eigenvalue weighted by atomic mass is 16.5. The number of aliphatic hydroxyl groups excluding tert-OH is 1. The third kappa shape index (κ3) is 3.06. The van der Waals surface area contributed by atoms with E-state index in [1.165, 1.54) is 0 Å². The monoisotopic (exact) mass is 285 g/mol. The zero-order chi connectivity index (χ0) is 15.4. The molecule has 0 aliphatic heterocycles. The van der Waals surface area contributed by atoms with Crippen LogP contribution in [0.2, 0.25) is 0 Å². The number of aromatic nitrogens is 2. The van der Waals surface area contributed by atoms with Crippen molar-refractivity contribution >= 4 is 0 Å². The van der Waals surface area contributed by atoms with Gasteiger partial charge < -0.3 is 9.84 Å². The van der Waals surface area contributed by atoms with Crippen molar-refractivity contribution in [3.63, 3.8) is 0 Å². The van der Waals surface area contributed by atoms with Gasteiger partial charge in [-0.25, -0.2) is 4.68 Å². The molecule has 0 aliphatic carbocycles. The summed E-state index contributed by atoms with van der Waals surface area (Å²) in [6.45, 7) is 5.93. The first-order valence-corrected chi connectivity index (χ1v) is 6.99. The van der Waals surface area contributed by atoms with Crippen molar-refractivity contribution in [3.8, 4) is 17.7 Å². The highest BCUT2D eigenvalue weighted by molar-refractivity contribution is 5.39.